The van der Waals surface area contributed by atoms with Gasteiger partial charge in [-0.1, -0.05) is 12.1 Å². The Labute approximate surface area is 105 Å². The van der Waals surface area contributed by atoms with Crippen molar-refractivity contribution in [3.63, 3.8) is 0 Å². The number of hydrogen-bond acceptors (Lipinski definition) is 3. The molecule has 17 heavy (non-hydrogen) atoms. The molecule has 2 aromatic rings. The van der Waals surface area contributed by atoms with Gasteiger partial charge in [0, 0.05) is 5.69 Å². The summed E-state index contributed by atoms with van der Waals surface area (Å²) in [6.07, 6.45) is 0. The standard InChI is InChI=1S/C14H15NOS/c1-10-5-6-12(8-11(10)2)15-9-13(16)14-4-3-7-17-14/h3-8,15H,9H2,1-2H3. The number of carbonyl (C=O) groups is 1. The zero-order chi connectivity index (χ0) is 12.3. The number of nitrogens with one attached hydrogen (secondary N) is 1. The predicted octanol–water partition coefficient (Wildman–Crippen LogP) is 3.66. The van der Waals surface area contributed by atoms with E-state index in [2.05, 4.69) is 31.3 Å². The Hall–Kier alpha value is -1.61. The summed E-state index contributed by atoms with van der Waals surface area (Å²) in [7, 11) is 0. The van der Waals surface area contributed by atoms with Crippen LogP contribution in [-0.2, 0) is 0 Å². The molecule has 2 nitrogen and oxygen atoms in total. The molecule has 0 radical (unpaired) electrons. The van der Waals surface area contributed by atoms with Crippen molar-refractivity contribution in [2.75, 3.05) is 11.9 Å². The number of ketones is 1. The van der Waals surface area contributed by atoms with Gasteiger partial charge in [-0.3, -0.25) is 4.79 Å². The van der Waals surface area contributed by atoms with E-state index >= 15 is 0 Å². The van der Waals surface area contributed by atoms with Crippen LogP contribution in [0.15, 0.2) is 35.7 Å². The van der Waals surface area contributed by atoms with E-state index in [1.54, 1.807) is 0 Å². The lowest BCUT2D eigenvalue weighted by Gasteiger charge is -2.07. The maximum absolute atomic E-state index is 11.8. The number of thiophene rings is 1. The molecule has 0 atom stereocenters. The van der Waals surface area contributed by atoms with Gasteiger partial charge in [-0.15, -0.1) is 11.3 Å². The largest absolute Gasteiger partial charge is 0.378 e. The lowest BCUT2D eigenvalue weighted by Crippen LogP contribution is -2.12. The maximum Gasteiger partial charge on any atom is 0.191 e. The van der Waals surface area contributed by atoms with Crippen LogP contribution in [0.5, 0.6) is 0 Å². The molecule has 2 rings (SSSR count). The van der Waals surface area contributed by atoms with Gasteiger partial charge in [-0.2, -0.15) is 0 Å². The summed E-state index contributed by atoms with van der Waals surface area (Å²) >= 11 is 1.48. The number of anilines is 1. The average molecular weight is 245 g/mol. The first kappa shape index (κ1) is 11.9. The second kappa shape index (κ2) is 5.15. The Balaban J connectivity index is 1.98. The molecule has 1 aromatic carbocycles. The average Bonchev–Trinajstić information content (AvgIpc) is 2.84. The highest BCUT2D eigenvalue weighted by Gasteiger charge is 2.06. The molecule has 0 saturated heterocycles. The molecule has 0 bridgehead atoms. The molecule has 0 aliphatic rings. The summed E-state index contributed by atoms with van der Waals surface area (Å²) in [4.78, 5) is 12.6. The van der Waals surface area contributed by atoms with Crippen LogP contribution in [0.1, 0.15) is 20.8 Å². The molecule has 3 heteroatoms. The molecule has 0 unspecified atom stereocenters. The van der Waals surface area contributed by atoms with Crippen LogP contribution in [0.2, 0.25) is 0 Å². The highest BCUT2D eigenvalue weighted by atomic mass is 32.1. The lowest BCUT2D eigenvalue weighted by molar-refractivity contribution is 0.101. The second-order valence-electron chi connectivity index (χ2n) is 4.05. The van der Waals surface area contributed by atoms with E-state index in [4.69, 9.17) is 0 Å². The molecule has 0 spiro atoms. The first-order valence-corrected chi connectivity index (χ1v) is 6.42. The third kappa shape index (κ3) is 2.94. The van der Waals surface area contributed by atoms with Crippen molar-refractivity contribution in [2.24, 2.45) is 0 Å². The first-order chi connectivity index (χ1) is 8.16. The van der Waals surface area contributed by atoms with Crippen molar-refractivity contribution in [2.45, 2.75) is 13.8 Å². The van der Waals surface area contributed by atoms with E-state index in [-0.39, 0.29) is 5.78 Å². The third-order valence-electron chi connectivity index (χ3n) is 2.76. The zero-order valence-electron chi connectivity index (χ0n) is 9.99. The van der Waals surface area contributed by atoms with Gasteiger partial charge in [0.05, 0.1) is 11.4 Å². The summed E-state index contributed by atoms with van der Waals surface area (Å²) in [6, 6.07) is 9.89. The molecule has 0 aliphatic heterocycles. The molecule has 0 fully saturated rings. The lowest BCUT2D eigenvalue weighted by atomic mass is 10.1. The number of Topliss-reactive ketones (excluding diaryl/α,β-unsaturated/α-hetero) is 1. The van der Waals surface area contributed by atoms with Crippen LogP contribution in [0.4, 0.5) is 5.69 Å². The molecule has 0 saturated carbocycles. The van der Waals surface area contributed by atoms with Gasteiger partial charge < -0.3 is 5.32 Å². The van der Waals surface area contributed by atoms with Gasteiger partial charge >= 0.3 is 0 Å². The number of rotatable bonds is 4. The van der Waals surface area contributed by atoms with E-state index in [1.165, 1.54) is 22.5 Å². The predicted molar refractivity (Wildman–Crippen MR) is 73.1 cm³/mol. The number of carbonyl (C=O) groups excluding carboxylic acids is 1. The summed E-state index contributed by atoms with van der Waals surface area (Å²) in [6.45, 7) is 4.50. The fourth-order valence-corrected chi connectivity index (χ4v) is 2.22. The Bertz CT molecular complexity index is 517. The smallest absolute Gasteiger partial charge is 0.191 e. The SMILES string of the molecule is Cc1ccc(NCC(=O)c2cccs2)cc1C. The summed E-state index contributed by atoms with van der Waals surface area (Å²) in [5.41, 5.74) is 3.50. The number of aryl methyl sites for hydroxylation is 2. The highest BCUT2D eigenvalue weighted by Crippen LogP contribution is 2.15. The van der Waals surface area contributed by atoms with E-state index < -0.39 is 0 Å². The monoisotopic (exact) mass is 245 g/mol. The van der Waals surface area contributed by atoms with Crippen molar-refractivity contribution in [1.82, 2.24) is 0 Å². The molecule has 0 amide bonds. The first-order valence-electron chi connectivity index (χ1n) is 5.54. The minimum absolute atomic E-state index is 0.137. The van der Waals surface area contributed by atoms with Crippen molar-refractivity contribution in [3.05, 3.63) is 51.7 Å². The van der Waals surface area contributed by atoms with Gasteiger partial charge in [-0.05, 0) is 48.6 Å². The Morgan fingerprint density at radius 2 is 2.06 bits per heavy atom. The topological polar surface area (TPSA) is 29.1 Å². The molecular formula is C14H15NOS. The van der Waals surface area contributed by atoms with Crippen LogP contribution in [0, 0.1) is 13.8 Å². The van der Waals surface area contributed by atoms with Crippen LogP contribution in [-0.4, -0.2) is 12.3 Å². The molecular weight excluding hydrogens is 230 g/mol. The van der Waals surface area contributed by atoms with Crippen LogP contribution < -0.4 is 5.32 Å². The maximum atomic E-state index is 11.8. The van der Waals surface area contributed by atoms with Gasteiger partial charge in [0.2, 0.25) is 0 Å². The third-order valence-corrected chi connectivity index (χ3v) is 3.67. The minimum Gasteiger partial charge on any atom is -0.378 e. The van der Waals surface area contributed by atoms with Gasteiger partial charge in [0.15, 0.2) is 5.78 Å². The van der Waals surface area contributed by atoms with Gasteiger partial charge in [0.25, 0.3) is 0 Å². The van der Waals surface area contributed by atoms with Crippen molar-refractivity contribution in [1.29, 1.82) is 0 Å². The Morgan fingerprint density at radius 1 is 1.24 bits per heavy atom. The fraction of sp³-hybridized carbons (Fsp3) is 0.214. The van der Waals surface area contributed by atoms with E-state index in [9.17, 15) is 4.79 Å². The molecule has 1 heterocycles. The number of hydrogen-bond donors (Lipinski definition) is 1. The second-order valence-corrected chi connectivity index (χ2v) is 5.00. The molecule has 1 N–H and O–H groups in total. The van der Waals surface area contributed by atoms with E-state index in [0.717, 1.165) is 10.6 Å². The fourth-order valence-electron chi connectivity index (χ4n) is 1.56. The minimum atomic E-state index is 0.137. The quantitative estimate of drug-likeness (QED) is 0.833. The summed E-state index contributed by atoms with van der Waals surface area (Å²) in [5, 5.41) is 5.08. The van der Waals surface area contributed by atoms with Crippen molar-refractivity contribution < 1.29 is 4.79 Å². The van der Waals surface area contributed by atoms with Crippen LogP contribution >= 0.6 is 11.3 Å². The number of benzene rings is 1. The van der Waals surface area contributed by atoms with Crippen LogP contribution in [0.3, 0.4) is 0 Å². The molecule has 1 aromatic heterocycles. The van der Waals surface area contributed by atoms with E-state index in [0.29, 0.717) is 6.54 Å². The molecule has 88 valence electrons. The molecule has 0 aliphatic carbocycles. The Morgan fingerprint density at radius 3 is 2.71 bits per heavy atom. The summed E-state index contributed by atoms with van der Waals surface area (Å²) in [5.74, 6) is 0.137. The van der Waals surface area contributed by atoms with Crippen molar-refractivity contribution >= 4 is 22.8 Å². The normalized spacial score (nSPS) is 10.2. The Kier molecular flexibility index (Phi) is 3.59. The van der Waals surface area contributed by atoms with Crippen LogP contribution in [0.25, 0.3) is 0 Å². The summed E-state index contributed by atoms with van der Waals surface area (Å²) < 4.78 is 0. The zero-order valence-corrected chi connectivity index (χ0v) is 10.8. The highest BCUT2D eigenvalue weighted by molar-refractivity contribution is 7.12. The van der Waals surface area contributed by atoms with Crippen molar-refractivity contribution in [3.8, 4) is 0 Å². The van der Waals surface area contributed by atoms with Gasteiger partial charge in [-0.25, -0.2) is 0 Å². The van der Waals surface area contributed by atoms with E-state index in [1.807, 2.05) is 23.6 Å². The van der Waals surface area contributed by atoms with Gasteiger partial charge in [0.1, 0.15) is 0 Å².